The highest BCUT2D eigenvalue weighted by atomic mass is 16.3. The number of phenolic OH excluding ortho intramolecular Hbond substituents is 2. The Labute approximate surface area is 161 Å². The molecule has 3 aromatic carbocycles. The average Bonchev–Trinajstić information content (AvgIpc) is 2.70. The van der Waals surface area contributed by atoms with Crippen LogP contribution in [0.4, 0.5) is 0 Å². The molecule has 4 aromatic rings. The minimum Gasteiger partial charge on any atom is -0.507 e. The van der Waals surface area contributed by atoms with E-state index in [1.165, 1.54) is 0 Å². The van der Waals surface area contributed by atoms with Gasteiger partial charge in [0.2, 0.25) is 0 Å². The third-order valence-electron chi connectivity index (χ3n) is 4.51. The molecule has 0 aliphatic carbocycles. The van der Waals surface area contributed by atoms with E-state index in [4.69, 9.17) is 5.84 Å². The number of hydrogen-bond donors (Lipinski definition) is 3. The topological polar surface area (TPSA) is 105 Å². The fraction of sp³-hybridized carbons (Fsp3) is 0.0455. The number of aromatic hydroxyl groups is 2. The van der Waals surface area contributed by atoms with Gasteiger partial charge in [0.1, 0.15) is 17.2 Å². The Balaban J connectivity index is 1.94. The van der Waals surface area contributed by atoms with Crippen LogP contribution in [0.5, 0.6) is 11.5 Å². The normalized spacial score (nSPS) is 11.7. The van der Waals surface area contributed by atoms with E-state index in [9.17, 15) is 10.2 Å². The van der Waals surface area contributed by atoms with Crippen molar-refractivity contribution in [2.75, 3.05) is 0 Å². The lowest BCUT2D eigenvalue weighted by Crippen LogP contribution is -2.11. The number of para-hydroxylation sites is 1. The van der Waals surface area contributed by atoms with Gasteiger partial charge in [0.25, 0.3) is 0 Å². The monoisotopic (exact) mass is 370 g/mol. The van der Waals surface area contributed by atoms with Gasteiger partial charge in [0, 0.05) is 5.69 Å². The Morgan fingerprint density at radius 3 is 2.43 bits per heavy atom. The van der Waals surface area contributed by atoms with Crippen LogP contribution in [0.25, 0.3) is 22.2 Å². The number of benzene rings is 3. The Hall–Kier alpha value is -3.93. The van der Waals surface area contributed by atoms with Crippen LogP contribution < -0.4 is 5.84 Å². The summed E-state index contributed by atoms with van der Waals surface area (Å²) in [6.45, 7) is 1.83. The van der Waals surface area contributed by atoms with Crippen LogP contribution in [0.15, 0.2) is 71.8 Å². The fourth-order valence-electron chi connectivity index (χ4n) is 3.24. The first-order valence-electron chi connectivity index (χ1n) is 8.72. The molecule has 0 unspecified atom stereocenters. The Kier molecular flexibility index (Phi) is 4.37. The van der Waals surface area contributed by atoms with Crippen molar-refractivity contribution >= 4 is 16.5 Å². The van der Waals surface area contributed by atoms with Crippen molar-refractivity contribution < 1.29 is 10.2 Å². The van der Waals surface area contributed by atoms with Crippen LogP contribution in [0.3, 0.4) is 0 Å². The van der Waals surface area contributed by atoms with Crippen molar-refractivity contribution in [3.63, 3.8) is 0 Å². The van der Waals surface area contributed by atoms with Gasteiger partial charge in [0.05, 0.1) is 16.8 Å². The Morgan fingerprint density at radius 2 is 1.64 bits per heavy atom. The summed E-state index contributed by atoms with van der Waals surface area (Å²) in [6, 6.07) is 19.7. The van der Waals surface area contributed by atoms with Gasteiger partial charge in [0.15, 0.2) is 5.82 Å². The molecule has 0 bridgehead atoms. The average molecular weight is 370 g/mol. The summed E-state index contributed by atoms with van der Waals surface area (Å²) in [4.78, 5) is 9.00. The largest absolute Gasteiger partial charge is 0.507 e. The van der Waals surface area contributed by atoms with E-state index in [0.717, 1.165) is 10.8 Å². The van der Waals surface area contributed by atoms with Crippen LogP contribution in [0, 0.1) is 6.92 Å². The standard InChI is InChI=1S/C22H18N4O2/c1-13-12-17(25-22(24-13)16-8-4-5-9-18(16)27)21(26-23)20-15-7-3-2-6-14(15)10-11-19(20)28/h2-12,27-28H,23H2,1H3/b26-21-. The molecule has 0 aliphatic heterocycles. The maximum atomic E-state index is 10.6. The number of nitrogens with two attached hydrogens (primary N) is 1. The predicted octanol–water partition coefficient (Wildman–Crippen LogP) is 3.73. The summed E-state index contributed by atoms with van der Waals surface area (Å²) < 4.78 is 0. The van der Waals surface area contributed by atoms with Gasteiger partial charge >= 0.3 is 0 Å². The quantitative estimate of drug-likeness (QED) is 0.290. The van der Waals surface area contributed by atoms with Crippen molar-refractivity contribution in [1.82, 2.24) is 9.97 Å². The first-order valence-corrected chi connectivity index (χ1v) is 8.72. The van der Waals surface area contributed by atoms with E-state index in [2.05, 4.69) is 15.1 Å². The first kappa shape index (κ1) is 17.5. The molecule has 0 amide bonds. The molecule has 6 nitrogen and oxygen atoms in total. The van der Waals surface area contributed by atoms with Crippen LogP contribution in [-0.4, -0.2) is 25.9 Å². The van der Waals surface area contributed by atoms with Gasteiger partial charge in [-0.3, -0.25) is 0 Å². The molecule has 1 aromatic heterocycles. The second kappa shape index (κ2) is 7.00. The van der Waals surface area contributed by atoms with Crippen LogP contribution in [-0.2, 0) is 0 Å². The summed E-state index contributed by atoms with van der Waals surface area (Å²) in [6.07, 6.45) is 0. The van der Waals surface area contributed by atoms with E-state index >= 15 is 0 Å². The minimum absolute atomic E-state index is 0.0586. The maximum Gasteiger partial charge on any atom is 0.163 e. The molecule has 0 radical (unpaired) electrons. The smallest absolute Gasteiger partial charge is 0.163 e. The summed E-state index contributed by atoms with van der Waals surface area (Å²) in [5.74, 6) is 6.23. The number of aryl methyl sites for hydroxylation is 1. The number of aromatic nitrogens is 2. The third kappa shape index (κ3) is 3.01. The van der Waals surface area contributed by atoms with Gasteiger partial charge in [-0.15, -0.1) is 0 Å². The van der Waals surface area contributed by atoms with Crippen LogP contribution in [0.2, 0.25) is 0 Å². The lowest BCUT2D eigenvalue weighted by molar-refractivity contribution is 0.475. The Bertz CT molecular complexity index is 1220. The van der Waals surface area contributed by atoms with E-state index < -0.39 is 0 Å². The molecular weight excluding hydrogens is 352 g/mol. The van der Waals surface area contributed by atoms with Gasteiger partial charge in [-0.05, 0) is 42.0 Å². The van der Waals surface area contributed by atoms with Gasteiger partial charge in [-0.1, -0.05) is 42.5 Å². The maximum absolute atomic E-state index is 10.6. The SMILES string of the molecule is Cc1cc(/C(=N/N)c2c(O)ccc3ccccc23)nc(-c2ccccc2O)n1. The van der Waals surface area contributed by atoms with E-state index in [-0.39, 0.29) is 11.5 Å². The van der Waals surface area contributed by atoms with Crippen molar-refractivity contribution in [1.29, 1.82) is 0 Å². The number of hydrogen-bond acceptors (Lipinski definition) is 6. The number of phenols is 2. The van der Waals surface area contributed by atoms with E-state index in [1.807, 2.05) is 37.3 Å². The van der Waals surface area contributed by atoms with Gasteiger partial charge in [-0.25, -0.2) is 9.97 Å². The molecule has 4 N–H and O–H groups in total. The lowest BCUT2D eigenvalue weighted by Gasteiger charge is -2.13. The Morgan fingerprint density at radius 1 is 0.893 bits per heavy atom. The third-order valence-corrected chi connectivity index (χ3v) is 4.51. The van der Waals surface area contributed by atoms with E-state index in [0.29, 0.717) is 34.1 Å². The van der Waals surface area contributed by atoms with Crippen molar-refractivity contribution in [2.45, 2.75) is 6.92 Å². The zero-order valence-corrected chi connectivity index (χ0v) is 15.2. The fourth-order valence-corrected chi connectivity index (χ4v) is 3.24. The van der Waals surface area contributed by atoms with Gasteiger partial charge in [-0.2, -0.15) is 5.10 Å². The van der Waals surface area contributed by atoms with Crippen molar-refractivity contribution in [2.24, 2.45) is 10.9 Å². The van der Waals surface area contributed by atoms with Crippen LogP contribution >= 0.6 is 0 Å². The molecule has 138 valence electrons. The molecule has 0 saturated heterocycles. The molecule has 0 spiro atoms. The van der Waals surface area contributed by atoms with Crippen molar-refractivity contribution in [3.8, 4) is 22.9 Å². The number of hydrazone groups is 1. The number of fused-ring (bicyclic) bond motifs is 1. The predicted molar refractivity (Wildman–Crippen MR) is 109 cm³/mol. The summed E-state index contributed by atoms with van der Waals surface area (Å²) >= 11 is 0. The van der Waals surface area contributed by atoms with Gasteiger partial charge < -0.3 is 16.1 Å². The molecule has 0 atom stereocenters. The summed E-state index contributed by atoms with van der Waals surface area (Å²) in [7, 11) is 0. The lowest BCUT2D eigenvalue weighted by atomic mass is 9.97. The second-order valence-electron chi connectivity index (χ2n) is 6.39. The van der Waals surface area contributed by atoms with E-state index in [1.54, 1.807) is 36.4 Å². The van der Waals surface area contributed by atoms with Crippen molar-refractivity contribution in [3.05, 3.63) is 83.7 Å². The molecule has 0 fully saturated rings. The molecular formula is C22H18N4O2. The van der Waals surface area contributed by atoms with Crippen LogP contribution in [0.1, 0.15) is 17.0 Å². The molecule has 4 rings (SSSR count). The minimum atomic E-state index is 0.0586. The molecule has 6 heteroatoms. The zero-order valence-electron chi connectivity index (χ0n) is 15.2. The zero-order chi connectivity index (χ0) is 19.7. The second-order valence-corrected chi connectivity index (χ2v) is 6.39. The molecule has 0 saturated carbocycles. The first-order chi connectivity index (χ1) is 13.6. The summed E-state index contributed by atoms with van der Waals surface area (Å²) in [5, 5.41) is 26.4. The highest BCUT2D eigenvalue weighted by Crippen LogP contribution is 2.31. The number of rotatable bonds is 3. The number of nitrogens with zero attached hydrogens (tertiary/aromatic N) is 3. The highest BCUT2D eigenvalue weighted by molar-refractivity contribution is 6.20. The molecule has 0 aliphatic rings. The molecule has 28 heavy (non-hydrogen) atoms. The highest BCUT2D eigenvalue weighted by Gasteiger charge is 2.19. The molecule has 1 heterocycles. The summed E-state index contributed by atoms with van der Waals surface area (Å²) in [5.41, 5.74) is 2.49.